The fourth-order valence-electron chi connectivity index (χ4n) is 1.33. The molecule has 0 spiro atoms. The highest BCUT2D eigenvalue weighted by molar-refractivity contribution is 6.34. The van der Waals surface area contributed by atoms with Crippen molar-refractivity contribution in [2.45, 2.75) is 18.8 Å². The zero-order valence-corrected chi connectivity index (χ0v) is 7.58. The molecule has 2 aromatic heterocycles. The molecule has 1 saturated carbocycles. The summed E-state index contributed by atoms with van der Waals surface area (Å²) in [6.45, 7) is 0. The summed E-state index contributed by atoms with van der Waals surface area (Å²) in [5, 5.41) is 0.587. The quantitative estimate of drug-likeness (QED) is 0.701. The topological polar surface area (TPSA) is 38.9 Å². The van der Waals surface area contributed by atoms with Crippen molar-refractivity contribution in [2.75, 3.05) is 0 Å². The lowest BCUT2D eigenvalue weighted by Crippen LogP contribution is -1.77. The molecule has 1 fully saturated rings. The molecule has 4 heteroatoms. The molecule has 3 nitrogen and oxygen atoms in total. The normalized spacial score (nSPS) is 16.7. The summed E-state index contributed by atoms with van der Waals surface area (Å²) in [7, 11) is 0. The third-order valence-electron chi connectivity index (χ3n) is 2.19. The summed E-state index contributed by atoms with van der Waals surface area (Å²) >= 11 is 5.92. The summed E-state index contributed by atoms with van der Waals surface area (Å²) < 4.78 is 5.52. The Morgan fingerprint density at radius 3 is 3.00 bits per heavy atom. The highest BCUT2D eigenvalue weighted by atomic mass is 35.5. The van der Waals surface area contributed by atoms with E-state index in [4.69, 9.17) is 16.0 Å². The Labute approximate surface area is 79.7 Å². The van der Waals surface area contributed by atoms with Crippen LogP contribution in [0, 0.1) is 0 Å². The summed E-state index contributed by atoms with van der Waals surface area (Å²) in [4.78, 5) is 8.36. The van der Waals surface area contributed by atoms with Crippen molar-refractivity contribution in [1.29, 1.82) is 0 Å². The first-order valence-electron chi connectivity index (χ1n) is 4.25. The van der Waals surface area contributed by atoms with Gasteiger partial charge in [0.1, 0.15) is 0 Å². The van der Waals surface area contributed by atoms with E-state index in [1.807, 2.05) is 0 Å². The smallest absolute Gasteiger partial charge is 0.200 e. The molecule has 1 aliphatic rings. The second-order valence-electron chi connectivity index (χ2n) is 3.27. The van der Waals surface area contributed by atoms with Gasteiger partial charge in [-0.15, -0.1) is 0 Å². The number of fused-ring (bicyclic) bond motifs is 1. The van der Waals surface area contributed by atoms with Crippen LogP contribution in [0.3, 0.4) is 0 Å². The Balaban J connectivity index is 2.26. The van der Waals surface area contributed by atoms with Crippen LogP contribution in [0.15, 0.2) is 16.7 Å². The van der Waals surface area contributed by atoms with E-state index < -0.39 is 0 Å². The van der Waals surface area contributed by atoms with Gasteiger partial charge in [0.25, 0.3) is 0 Å². The third-order valence-corrected chi connectivity index (χ3v) is 2.48. The van der Waals surface area contributed by atoms with E-state index in [1.54, 1.807) is 12.3 Å². The predicted octanol–water partition coefficient (Wildman–Crippen LogP) is 2.75. The second-order valence-corrected chi connectivity index (χ2v) is 3.68. The standard InChI is InChI=1S/C9H7ClN2O/c10-6-3-4-11-8-7(6)13-9(12-8)5-1-2-5/h3-5H,1-2H2. The van der Waals surface area contributed by atoms with Crippen LogP contribution in [-0.4, -0.2) is 9.97 Å². The average molecular weight is 195 g/mol. The van der Waals surface area contributed by atoms with Crippen molar-refractivity contribution in [3.8, 4) is 0 Å². The molecule has 0 saturated heterocycles. The highest BCUT2D eigenvalue weighted by Crippen LogP contribution is 2.40. The molecule has 0 radical (unpaired) electrons. The van der Waals surface area contributed by atoms with Crippen molar-refractivity contribution in [3.05, 3.63) is 23.2 Å². The van der Waals surface area contributed by atoms with Crippen LogP contribution in [0.1, 0.15) is 24.7 Å². The van der Waals surface area contributed by atoms with Crippen LogP contribution >= 0.6 is 11.6 Å². The number of pyridine rings is 1. The molecule has 0 aliphatic heterocycles. The highest BCUT2D eigenvalue weighted by Gasteiger charge is 2.29. The van der Waals surface area contributed by atoms with E-state index in [1.165, 1.54) is 12.8 Å². The minimum atomic E-state index is 0.505. The lowest BCUT2D eigenvalue weighted by molar-refractivity contribution is 0.533. The van der Waals surface area contributed by atoms with Gasteiger partial charge in [0.15, 0.2) is 17.1 Å². The summed E-state index contributed by atoms with van der Waals surface area (Å²) in [6.07, 6.45) is 3.98. The molecular formula is C9H7ClN2O. The fraction of sp³-hybridized carbons (Fsp3) is 0.333. The minimum absolute atomic E-state index is 0.505. The molecule has 13 heavy (non-hydrogen) atoms. The Morgan fingerprint density at radius 2 is 2.31 bits per heavy atom. The van der Waals surface area contributed by atoms with Gasteiger partial charge in [0.2, 0.25) is 0 Å². The molecule has 0 aromatic carbocycles. The van der Waals surface area contributed by atoms with Crippen molar-refractivity contribution < 1.29 is 4.42 Å². The van der Waals surface area contributed by atoms with Crippen LogP contribution in [-0.2, 0) is 0 Å². The number of rotatable bonds is 1. The van der Waals surface area contributed by atoms with Gasteiger partial charge in [-0.3, -0.25) is 0 Å². The van der Waals surface area contributed by atoms with Crippen molar-refractivity contribution >= 4 is 22.8 Å². The lowest BCUT2D eigenvalue weighted by Gasteiger charge is -1.87. The number of nitrogens with zero attached hydrogens (tertiary/aromatic N) is 2. The van der Waals surface area contributed by atoms with Crippen LogP contribution in [0.2, 0.25) is 5.02 Å². The summed E-state index contributed by atoms with van der Waals surface area (Å²) in [5.74, 6) is 1.29. The van der Waals surface area contributed by atoms with Crippen molar-refractivity contribution in [3.63, 3.8) is 0 Å². The number of aromatic nitrogens is 2. The number of oxazole rings is 1. The van der Waals surface area contributed by atoms with Gasteiger partial charge in [-0.05, 0) is 18.9 Å². The number of halogens is 1. The van der Waals surface area contributed by atoms with Crippen LogP contribution in [0.5, 0.6) is 0 Å². The first-order chi connectivity index (χ1) is 6.34. The molecule has 0 unspecified atom stereocenters. The zero-order chi connectivity index (χ0) is 8.84. The summed E-state index contributed by atoms with van der Waals surface area (Å²) in [6, 6.07) is 1.71. The molecule has 2 aromatic rings. The molecule has 0 atom stereocenters. The van der Waals surface area contributed by atoms with Gasteiger partial charge in [0, 0.05) is 12.1 Å². The van der Waals surface area contributed by atoms with E-state index >= 15 is 0 Å². The van der Waals surface area contributed by atoms with Gasteiger partial charge < -0.3 is 4.42 Å². The SMILES string of the molecule is Clc1ccnc2nc(C3CC3)oc12. The Morgan fingerprint density at radius 1 is 1.46 bits per heavy atom. The molecular weight excluding hydrogens is 188 g/mol. The monoisotopic (exact) mass is 194 g/mol. The van der Waals surface area contributed by atoms with Crippen molar-refractivity contribution in [2.24, 2.45) is 0 Å². The van der Waals surface area contributed by atoms with E-state index in [-0.39, 0.29) is 0 Å². The average Bonchev–Trinajstić information content (AvgIpc) is 2.87. The predicted molar refractivity (Wildman–Crippen MR) is 48.8 cm³/mol. The maximum absolute atomic E-state index is 5.92. The van der Waals surface area contributed by atoms with Crippen LogP contribution < -0.4 is 0 Å². The Kier molecular flexibility index (Phi) is 1.38. The third kappa shape index (κ3) is 1.11. The molecule has 66 valence electrons. The fourth-order valence-corrected chi connectivity index (χ4v) is 1.50. The molecule has 0 amide bonds. The minimum Gasteiger partial charge on any atom is -0.437 e. The summed E-state index contributed by atoms with van der Waals surface area (Å²) in [5.41, 5.74) is 1.24. The van der Waals surface area contributed by atoms with Gasteiger partial charge in [-0.2, -0.15) is 4.98 Å². The van der Waals surface area contributed by atoms with Crippen LogP contribution in [0.4, 0.5) is 0 Å². The van der Waals surface area contributed by atoms with E-state index in [2.05, 4.69) is 9.97 Å². The van der Waals surface area contributed by atoms with Gasteiger partial charge in [-0.1, -0.05) is 11.6 Å². The van der Waals surface area contributed by atoms with Gasteiger partial charge >= 0.3 is 0 Å². The van der Waals surface area contributed by atoms with E-state index in [9.17, 15) is 0 Å². The molecule has 0 bridgehead atoms. The lowest BCUT2D eigenvalue weighted by atomic mass is 10.4. The second kappa shape index (κ2) is 2.45. The molecule has 2 heterocycles. The Hall–Kier alpha value is -1.09. The number of hydrogen-bond acceptors (Lipinski definition) is 3. The van der Waals surface area contributed by atoms with E-state index in [0.717, 1.165) is 5.89 Å². The number of hydrogen-bond donors (Lipinski definition) is 0. The zero-order valence-electron chi connectivity index (χ0n) is 6.83. The van der Waals surface area contributed by atoms with Gasteiger partial charge in [-0.25, -0.2) is 4.98 Å². The van der Waals surface area contributed by atoms with Gasteiger partial charge in [0.05, 0.1) is 5.02 Å². The largest absolute Gasteiger partial charge is 0.437 e. The first kappa shape index (κ1) is 7.33. The molecule has 3 rings (SSSR count). The molecule has 0 N–H and O–H groups in total. The maximum Gasteiger partial charge on any atom is 0.200 e. The van der Waals surface area contributed by atoms with E-state index in [0.29, 0.717) is 22.2 Å². The maximum atomic E-state index is 5.92. The first-order valence-corrected chi connectivity index (χ1v) is 4.63. The van der Waals surface area contributed by atoms with Crippen LogP contribution in [0.25, 0.3) is 11.2 Å². The Bertz CT molecular complexity index is 462. The van der Waals surface area contributed by atoms with Crippen molar-refractivity contribution in [1.82, 2.24) is 9.97 Å². The molecule has 1 aliphatic carbocycles.